The Kier molecular flexibility index (Phi) is 2.41. The van der Waals surface area contributed by atoms with E-state index in [1.807, 2.05) is 25.1 Å². The molecule has 0 amide bonds. The Morgan fingerprint density at radius 1 is 1.00 bits per heavy atom. The van der Waals surface area contributed by atoms with Gasteiger partial charge in [0.1, 0.15) is 11.4 Å². The number of rotatable bonds is 2. The summed E-state index contributed by atoms with van der Waals surface area (Å²) in [5.41, 5.74) is 2.39. The van der Waals surface area contributed by atoms with E-state index in [0.29, 0.717) is 5.88 Å². The first-order valence-electron chi connectivity index (χ1n) is 4.61. The molecule has 0 aliphatic rings. The molecule has 4 heteroatoms. The maximum atomic E-state index is 5.12. The van der Waals surface area contributed by atoms with Crippen molar-refractivity contribution in [2.75, 3.05) is 14.2 Å². The lowest BCUT2D eigenvalue weighted by molar-refractivity contribution is 0.393. The van der Waals surface area contributed by atoms with Crippen LogP contribution in [0.3, 0.4) is 0 Å². The largest absolute Gasteiger partial charge is 0.497 e. The van der Waals surface area contributed by atoms with Crippen LogP contribution in [0.2, 0.25) is 0 Å². The van der Waals surface area contributed by atoms with Crippen LogP contribution in [0.25, 0.3) is 11.0 Å². The van der Waals surface area contributed by atoms with Crippen molar-refractivity contribution in [2.24, 2.45) is 0 Å². The second-order valence-electron chi connectivity index (χ2n) is 3.17. The summed E-state index contributed by atoms with van der Waals surface area (Å²) in [7, 11) is 3.22. The summed E-state index contributed by atoms with van der Waals surface area (Å²) in [6, 6.07) is 5.57. The van der Waals surface area contributed by atoms with E-state index in [0.717, 1.165) is 22.5 Å². The molecule has 2 aromatic rings. The van der Waals surface area contributed by atoms with Crippen LogP contribution in [-0.4, -0.2) is 24.2 Å². The number of ether oxygens (including phenoxy) is 2. The van der Waals surface area contributed by atoms with E-state index >= 15 is 0 Å². The highest BCUT2D eigenvalue weighted by molar-refractivity contribution is 5.76. The summed E-state index contributed by atoms with van der Waals surface area (Å²) in [5.74, 6) is 1.34. The first-order chi connectivity index (χ1) is 7.24. The van der Waals surface area contributed by atoms with E-state index in [9.17, 15) is 0 Å². The zero-order valence-electron chi connectivity index (χ0n) is 8.94. The molecule has 0 aliphatic heterocycles. The van der Waals surface area contributed by atoms with Crippen LogP contribution in [0.4, 0.5) is 0 Å². The fraction of sp³-hybridized carbons (Fsp3) is 0.273. The molecule has 0 saturated carbocycles. The zero-order valence-corrected chi connectivity index (χ0v) is 8.94. The molecule has 0 bridgehead atoms. The molecule has 0 unspecified atom stereocenters. The van der Waals surface area contributed by atoms with Crippen LogP contribution < -0.4 is 9.47 Å². The second-order valence-corrected chi connectivity index (χ2v) is 3.17. The highest BCUT2D eigenvalue weighted by Crippen LogP contribution is 2.21. The van der Waals surface area contributed by atoms with Gasteiger partial charge in [-0.25, -0.2) is 9.97 Å². The van der Waals surface area contributed by atoms with Crippen molar-refractivity contribution in [3.63, 3.8) is 0 Å². The third-order valence-electron chi connectivity index (χ3n) is 2.20. The minimum absolute atomic E-state index is 0.563. The Morgan fingerprint density at radius 3 is 2.47 bits per heavy atom. The summed E-state index contributed by atoms with van der Waals surface area (Å²) in [6.07, 6.45) is 0. The number of methoxy groups -OCH3 is 2. The molecule has 0 saturated heterocycles. The maximum absolute atomic E-state index is 5.12. The molecule has 15 heavy (non-hydrogen) atoms. The van der Waals surface area contributed by atoms with E-state index in [1.54, 1.807) is 14.2 Å². The lowest BCUT2D eigenvalue weighted by atomic mass is 10.2. The minimum atomic E-state index is 0.563. The number of nitrogens with zero attached hydrogens (tertiary/aromatic N) is 2. The lowest BCUT2D eigenvalue weighted by Gasteiger charge is -2.05. The van der Waals surface area contributed by atoms with Gasteiger partial charge in [-0.2, -0.15) is 0 Å². The van der Waals surface area contributed by atoms with Gasteiger partial charge in [-0.05, 0) is 19.1 Å². The fourth-order valence-corrected chi connectivity index (χ4v) is 1.43. The molecule has 1 aromatic carbocycles. The molecule has 0 aliphatic carbocycles. The summed E-state index contributed by atoms with van der Waals surface area (Å²) < 4.78 is 10.2. The van der Waals surface area contributed by atoms with E-state index < -0.39 is 0 Å². The summed E-state index contributed by atoms with van der Waals surface area (Å²) >= 11 is 0. The zero-order chi connectivity index (χ0) is 10.8. The van der Waals surface area contributed by atoms with Gasteiger partial charge >= 0.3 is 0 Å². The van der Waals surface area contributed by atoms with Crippen molar-refractivity contribution < 1.29 is 9.47 Å². The normalized spacial score (nSPS) is 10.3. The van der Waals surface area contributed by atoms with Crippen molar-refractivity contribution in [1.82, 2.24) is 9.97 Å². The SMILES string of the molecule is COc1ccc2nc(OC)c(C)nc2c1. The highest BCUT2D eigenvalue weighted by atomic mass is 16.5. The maximum Gasteiger partial charge on any atom is 0.235 e. The Bertz CT molecular complexity index is 497. The molecule has 0 N–H and O–H groups in total. The van der Waals surface area contributed by atoms with Crippen molar-refractivity contribution in [3.05, 3.63) is 23.9 Å². The Labute approximate surface area is 87.9 Å². The van der Waals surface area contributed by atoms with Gasteiger partial charge in [0, 0.05) is 6.07 Å². The molecular weight excluding hydrogens is 192 g/mol. The van der Waals surface area contributed by atoms with Crippen LogP contribution >= 0.6 is 0 Å². The van der Waals surface area contributed by atoms with Gasteiger partial charge in [0.25, 0.3) is 0 Å². The van der Waals surface area contributed by atoms with Gasteiger partial charge in [0.05, 0.1) is 25.3 Å². The van der Waals surface area contributed by atoms with Gasteiger partial charge in [0.2, 0.25) is 5.88 Å². The van der Waals surface area contributed by atoms with Gasteiger partial charge in [0.15, 0.2) is 0 Å². The molecule has 0 atom stereocenters. The van der Waals surface area contributed by atoms with Crippen LogP contribution in [-0.2, 0) is 0 Å². The number of aryl methyl sites for hydroxylation is 1. The first-order valence-corrected chi connectivity index (χ1v) is 4.61. The number of hydrogen-bond donors (Lipinski definition) is 0. The highest BCUT2D eigenvalue weighted by Gasteiger charge is 2.05. The number of aromatic nitrogens is 2. The molecule has 2 rings (SSSR count). The average molecular weight is 204 g/mol. The number of fused-ring (bicyclic) bond motifs is 1. The van der Waals surface area contributed by atoms with Crippen molar-refractivity contribution in [1.29, 1.82) is 0 Å². The third kappa shape index (κ3) is 1.70. The fourth-order valence-electron chi connectivity index (χ4n) is 1.43. The Hall–Kier alpha value is -1.84. The monoisotopic (exact) mass is 204 g/mol. The molecule has 0 fully saturated rings. The number of benzene rings is 1. The number of hydrogen-bond acceptors (Lipinski definition) is 4. The van der Waals surface area contributed by atoms with Crippen molar-refractivity contribution in [3.8, 4) is 11.6 Å². The van der Waals surface area contributed by atoms with Gasteiger partial charge in [-0.3, -0.25) is 0 Å². The summed E-state index contributed by atoms with van der Waals surface area (Å²) in [4.78, 5) is 8.72. The van der Waals surface area contributed by atoms with E-state index in [4.69, 9.17) is 9.47 Å². The molecule has 1 aromatic heterocycles. The molecule has 1 heterocycles. The van der Waals surface area contributed by atoms with Crippen LogP contribution in [0, 0.1) is 6.92 Å². The van der Waals surface area contributed by atoms with Crippen LogP contribution in [0.15, 0.2) is 18.2 Å². The van der Waals surface area contributed by atoms with Crippen molar-refractivity contribution >= 4 is 11.0 Å². The predicted molar refractivity (Wildman–Crippen MR) is 57.4 cm³/mol. The van der Waals surface area contributed by atoms with E-state index in [-0.39, 0.29) is 0 Å². The summed E-state index contributed by atoms with van der Waals surface area (Å²) in [6.45, 7) is 1.87. The van der Waals surface area contributed by atoms with Crippen LogP contribution in [0.5, 0.6) is 11.6 Å². The third-order valence-corrected chi connectivity index (χ3v) is 2.20. The average Bonchev–Trinajstić information content (AvgIpc) is 2.27. The quantitative estimate of drug-likeness (QED) is 0.750. The molecule has 78 valence electrons. The Balaban J connectivity index is 2.65. The van der Waals surface area contributed by atoms with Gasteiger partial charge in [-0.15, -0.1) is 0 Å². The van der Waals surface area contributed by atoms with E-state index in [1.165, 1.54) is 0 Å². The predicted octanol–water partition coefficient (Wildman–Crippen LogP) is 1.96. The second kappa shape index (κ2) is 3.73. The smallest absolute Gasteiger partial charge is 0.235 e. The molecular formula is C11H12N2O2. The van der Waals surface area contributed by atoms with Crippen molar-refractivity contribution in [2.45, 2.75) is 6.92 Å². The summed E-state index contributed by atoms with van der Waals surface area (Å²) in [5, 5.41) is 0. The van der Waals surface area contributed by atoms with E-state index in [2.05, 4.69) is 9.97 Å². The molecule has 4 nitrogen and oxygen atoms in total. The minimum Gasteiger partial charge on any atom is -0.497 e. The molecule has 0 radical (unpaired) electrons. The Morgan fingerprint density at radius 2 is 1.80 bits per heavy atom. The standard InChI is InChI=1S/C11H12N2O2/c1-7-11(15-3)13-9-5-4-8(14-2)6-10(9)12-7/h4-6H,1-3H3. The lowest BCUT2D eigenvalue weighted by Crippen LogP contribution is -1.95. The van der Waals surface area contributed by atoms with Crippen LogP contribution in [0.1, 0.15) is 5.69 Å². The van der Waals surface area contributed by atoms with Gasteiger partial charge < -0.3 is 9.47 Å². The molecule has 0 spiro atoms. The van der Waals surface area contributed by atoms with Gasteiger partial charge in [-0.1, -0.05) is 0 Å². The topological polar surface area (TPSA) is 44.2 Å². The first kappa shape index (κ1) is 9.71.